The highest BCUT2D eigenvalue weighted by molar-refractivity contribution is 9.10. The molecule has 0 saturated heterocycles. The van der Waals surface area contributed by atoms with Crippen molar-refractivity contribution in [3.8, 4) is 0 Å². The molecule has 3 nitrogen and oxygen atoms in total. The van der Waals surface area contributed by atoms with Gasteiger partial charge in [0.1, 0.15) is 5.82 Å². The molecule has 0 fully saturated rings. The van der Waals surface area contributed by atoms with Crippen molar-refractivity contribution in [2.75, 3.05) is 11.4 Å². The Hall–Kier alpha value is -1.88. The molecule has 0 aromatic heterocycles. The molecule has 2 N–H and O–H groups in total. The maximum atomic E-state index is 13.4. The molecule has 0 amide bonds. The molecule has 20 heavy (non-hydrogen) atoms. The van der Waals surface area contributed by atoms with Gasteiger partial charge >= 0.3 is 0 Å². The second-order valence-electron chi connectivity index (χ2n) is 4.59. The molecule has 0 bridgehead atoms. The van der Waals surface area contributed by atoms with Gasteiger partial charge in [-0.1, -0.05) is 24.3 Å². The Morgan fingerprint density at radius 1 is 1.20 bits per heavy atom. The van der Waals surface area contributed by atoms with E-state index in [-0.39, 0.29) is 11.9 Å². The predicted octanol–water partition coefficient (Wildman–Crippen LogP) is 3.46. The summed E-state index contributed by atoms with van der Waals surface area (Å²) in [5, 5.41) is 0. The fourth-order valence-corrected chi connectivity index (χ4v) is 2.77. The molecule has 5 heteroatoms. The van der Waals surface area contributed by atoms with Crippen LogP contribution in [0.1, 0.15) is 11.6 Å². The van der Waals surface area contributed by atoms with Crippen LogP contribution >= 0.6 is 15.9 Å². The number of guanidine groups is 1. The van der Waals surface area contributed by atoms with Crippen LogP contribution in [0.15, 0.2) is 58.0 Å². The third kappa shape index (κ3) is 2.29. The topological polar surface area (TPSA) is 41.6 Å². The number of rotatable bonds is 2. The van der Waals surface area contributed by atoms with E-state index in [4.69, 9.17) is 5.73 Å². The van der Waals surface area contributed by atoms with Crippen LogP contribution in [0.4, 0.5) is 10.1 Å². The van der Waals surface area contributed by atoms with Crippen LogP contribution in [0, 0.1) is 5.82 Å². The molecule has 2 aromatic carbocycles. The molecular weight excluding hydrogens is 321 g/mol. The van der Waals surface area contributed by atoms with Gasteiger partial charge in [-0.15, -0.1) is 0 Å². The maximum Gasteiger partial charge on any atom is 0.196 e. The van der Waals surface area contributed by atoms with Crippen molar-refractivity contribution in [2.24, 2.45) is 10.7 Å². The molecule has 0 radical (unpaired) electrons. The lowest BCUT2D eigenvalue weighted by Gasteiger charge is -2.26. The number of aliphatic imine (C=N–C) groups is 1. The van der Waals surface area contributed by atoms with Crippen molar-refractivity contribution < 1.29 is 4.39 Å². The summed E-state index contributed by atoms with van der Waals surface area (Å²) in [5.41, 5.74) is 7.96. The standard InChI is InChI=1S/C15H13BrFN3/c16-12-8-10(6-7-13(12)17)14-9-19-15(18)20(14)11-4-2-1-3-5-11/h1-8,14H,9H2,(H2,18,19). The molecule has 0 aliphatic carbocycles. The smallest absolute Gasteiger partial charge is 0.196 e. The van der Waals surface area contributed by atoms with E-state index in [1.54, 1.807) is 12.1 Å². The number of halogens is 2. The number of nitrogens with two attached hydrogens (primary N) is 1. The quantitative estimate of drug-likeness (QED) is 0.914. The summed E-state index contributed by atoms with van der Waals surface area (Å²) in [6.07, 6.45) is 0. The van der Waals surface area contributed by atoms with Crippen LogP contribution in [-0.4, -0.2) is 12.5 Å². The summed E-state index contributed by atoms with van der Waals surface area (Å²) >= 11 is 3.22. The first kappa shape index (κ1) is 13.1. The molecule has 1 unspecified atom stereocenters. The highest BCUT2D eigenvalue weighted by Gasteiger charge is 2.29. The Kier molecular flexibility index (Phi) is 3.44. The number of hydrogen-bond acceptors (Lipinski definition) is 3. The minimum Gasteiger partial charge on any atom is -0.369 e. The molecule has 2 aromatic rings. The van der Waals surface area contributed by atoms with Crippen LogP contribution in [-0.2, 0) is 0 Å². The molecule has 102 valence electrons. The normalized spacial score (nSPS) is 18.2. The molecule has 1 heterocycles. The SMILES string of the molecule is NC1=NCC(c2ccc(F)c(Br)c2)N1c1ccccc1. The number of para-hydroxylation sites is 1. The van der Waals surface area contributed by atoms with Gasteiger partial charge in [0.15, 0.2) is 5.96 Å². The third-order valence-electron chi connectivity index (χ3n) is 3.35. The average Bonchev–Trinajstić information content (AvgIpc) is 2.85. The van der Waals surface area contributed by atoms with Gasteiger partial charge in [-0.2, -0.15) is 0 Å². The number of benzene rings is 2. The minimum atomic E-state index is -0.271. The Morgan fingerprint density at radius 3 is 2.65 bits per heavy atom. The number of hydrogen-bond donors (Lipinski definition) is 1. The van der Waals surface area contributed by atoms with Crippen molar-refractivity contribution in [3.63, 3.8) is 0 Å². The Labute approximate surface area is 125 Å². The minimum absolute atomic E-state index is 0.00528. The second-order valence-corrected chi connectivity index (χ2v) is 5.45. The van der Waals surface area contributed by atoms with Gasteiger partial charge in [0.25, 0.3) is 0 Å². The van der Waals surface area contributed by atoms with Gasteiger partial charge in [0.05, 0.1) is 17.1 Å². The molecule has 3 rings (SSSR count). The van der Waals surface area contributed by atoms with Gasteiger partial charge in [-0.3, -0.25) is 4.99 Å². The number of nitrogens with zero attached hydrogens (tertiary/aromatic N) is 2. The number of anilines is 1. The summed E-state index contributed by atoms with van der Waals surface area (Å²) in [4.78, 5) is 6.29. The van der Waals surface area contributed by atoms with Gasteiger partial charge < -0.3 is 10.6 Å². The van der Waals surface area contributed by atoms with E-state index in [9.17, 15) is 4.39 Å². The fraction of sp³-hybridized carbons (Fsp3) is 0.133. The first-order chi connectivity index (χ1) is 9.66. The van der Waals surface area contributed by atoms with Crippen LogP contribution in [0.5, 0.6) is 0 Å². The Balaban J connectivity index is 1.99. The monoisotopic (exact) mass is 333 g/mol. The molecule has 1 atom stereocenters. The van der Waals surface area contributed by atoms with Crippen LogP contribution < -0.4 is 10.6 Å². The summed E-state index contributed by atoms with van der Waals surface area (Å²) < 4.78 is 13.8. The van der Waals surface area contributed by atoms with Crippen molar-refractivity contribution in [3.05, 3.63) is 64.4 Å². The first-order valence-corrected chi connectivity index (χ1v) is 7.05. The molecule has 1 aliphatic rings. The maximum absolute atomic E-state index is 13.4. The molecule has 0 spiro atoms. The zero-order chi connectivity index (χ0) is 14.1. The fourth-order valence-electron chi connectivity index (χ4n) is 2.37. The van der Waals surface area contributed by atoms with E-state index in [0.29, 0.717) is 17.0 Å². The highest BCUT2D eigenvalue weighted by atomic mass is 79.9. The third-order valence-corrected chi connectivity index (χ3v) is 3.96. The van der Waals surface area contributed by atoms with Crippen molar-refractivity contribution in [1.29, 1.82) is 0 Å². The Morgan fingerprint density at radius 2 is 1.95 bits per heavy atom. The van der Waals surface area contributed by atoms with Crippen LogP contribution in [0.3, 0.4) is 0 Å². The largest absolute Gasteiger partial charge is 0.369 e. The Bertz CT molecular complexity index is 657. The lowest BCUT2D eigenvalue weighted by atomic mass is 10.1. The molecule has 1 aliphatic heterocycles. The van der Waals surface area contributed by atoms with E-state index in [1.165, 1.54) is 6.07 Å². The van der Waals surface area contributed by atoms with Crippen molar-refractivity contribution >= 4 is 27.6 Å². The van der Waals surface area contributed by atoms with E-state index >= 15 is 0 Å². The second kappa shape index (κ2) is 5.25. The van der Waals surface area contributed by atoms with E-state index in [0.717, 1.165) is 11.3 Å². The predicted molar refractivity (Wildman–Crippen MR) is 82.3 cm³/mol. The molecular formula is C15H13BrFN3. The van der Waals surface area contributed by atoms with E-state index in [2.05, 4.69) is 20.9 Å². The lowest BCUT2D eigenvalue weighted by molar-refractivity contribution is 0.618. The van der Waals surface area contributed by atoms with Gasteiger partial charge in [0, 0.05) is 5.69 Å². The summed E-state index contributed by atoms with van der Waals surface area (Å²) in [5.74, 6) is 0.216. The van der Waals surface area contributed by atoms with Gasteiger partial charge in [-0.05, 0) is 45.8 Å². The lowest BCUT2D eigenvalue weighted by Crippen LogP contribution is -2.36. The zero-order valence-electron chi connectivity index (χ0n) is 10.6. The average molecular weight is 334 g/mol. The van der Waals surface area contributed by atoms with Crippen LogP contribution in [0.25, 0.3) is 0 Å². The van der Waals surface area contributed by atoms with Gasteiger partial charge in [0.2, 0.25) is 0 Å². The molecule has 0 saturated carbocycles. The van der Waals surface area contributed by atoms with E-state index in [1.807, 2.05) is 35.2 Å². The zero-order valence-corrected chi connectivity index (χ0v) is 12.2. The van der Waals surface area contributed by atoms with Gasteiger partial charge in [-0.25, -0.2) is 4.39 Å². The van der Waals surface area contributed by atoms with E-state index < -0.39 is 0 Å². The highest BCUT2D eigenvalue weighted by Crippen LogP contribution is 2.32. The van der Waals surface area contributed by atoms with Crippen molar-refractivity contribution in [1.82, 2.24) is 0 Å². The first-order valence-electron chi connectivity index (χ1n) is 6.26. The summed E-state index contributed by atoms with van der Waals surface area (Å²) in [7, 11) is 0. The summed E-state index contributed by atoms with van der Waals surface area (Å²) in [6.45, 7) is 0.568. The van der Waals surface area contributed by atoms with Crippen molar-refractivity contribution in [2.45, 2.75) is 6.04 Å². The summed E-state index contributed by atoms with van der Waals surface area (Å²) in [6, 6.07) is 14.8. The van der Waals surface area contributed by atoms with Crippen LogP contribution in [0.2, 0.25) is 0 Å².